The van der Waals surface area contributed by atoms with Crippen molar-refractivity contribution in [1.29, 1.82) is 0 Å². The molecule has 0 aliphatic carbocycles. The van der Waals surface area contributed by atoms with Crippen LogP contribution in [-0.2, 0) is 9.59 Å². The Morgan fingerprint density at radius 2 is 2.12 bits per heavy atom. The third kappa shape index (κ3) is 4.01. The van der Waals surface area contributed by atoms with Gasteiger partial charge in [-0.25, -0.2) is 4.79 Å². The number of nitrogens with one attached hydrogen (secondary N) is 3. The third-order valence-corrected chi connectivity index (χ3v) is 8.53. The summed E-state index contributed by atoms with van der Waals surface area (Å²) in [5.41, 5.74) is 2.82. The Balaban J connectivity index is 1.38. The van der Waals surface area contributed by atoms with Gasteiger partial charge < -0.3 is 20.9 Å². The molecule has 0 saturated carbocycles. The van der Waals surface area contributed by atoms with Gasteiger partial charge in [0, 0.05) is 36.4 Å². The Morgan fingerprint density at radius 3 is 2.88 bits per heavy atom. The Kier molecular flexibility index (Phi) is 6.16. The van der Waals surface area contributed by atoms with Crippen LogP contribution in [0.3, 0.4) is 0 Å². The minimum Gasteiger partial charge on any atom is -0.347 e. The average Bonchev–Trinajstić information content (AvgIpc) is 3.44. The summed E-state index contributed by atoms with van der Waals surface area (Å²) in [6, 6.07) is 7.88. The van der Waals surface area contributed by atoms with Crippen molar-refractivity contribution in [2.24, 2.45) is 5.92 Å². The smallest absolute Gasteiger partial charge is 0.326 e. The summed E-state index contributed by atoms with van der Waals surface area (Å²) in [5, 5.41) is 9.71. The molecule has 0 bridgehead atoms. The molecular formula is C25H31N5O3S. The molecule has 9 heteroatoms. The number of hydrogen-bond acceptors (Lipinski definition) is 5. The molecule has 4 atom stereocenters. The largest absolute Gasteiger partial charge is 0.347 e. The number of hydrogen-bond donors (Lipinski definition) is 3. The fourth-order valence-corrected chi connectivity index (χ4v) is 6.81. The molecule has 8 nitrogen and oxygen atoms in total. The van der Waals surface area contributed by atoms with Crippen molar-refractivity contribution in [2.75, 3.05) is 24.5 Å². The van der Waals surface area contributed by atoms with Crippen LogP contribution < -0.4 is 20.9 Å². The Morgan fingerprint density at radius 1 is 1.29 bits per heavy atom. The highest BCUT2D eigenvalue weighted by atomic mass is 32.2. The number of urea groups is 1. The second kappa shape index (κ2) is 9.11. The maximum atomic E-state index is 13.3. The SMILES string of the molecule is C=CC(=O)N1CC[C@@H](NC(=O)C2=C3NC(=O)N(c4cccc(C(C)C)c4)C4CCNC(S2)C34)C1. The van der Waals surface area contributed by atoms with Crippen LogP contribution >= 0.6 is 11.8 Å². The van der Waals surface area contributed by atoms with Crippen molar-refractivity contribution in [3.05, 3.63) is 53.1 Å². The molecule has 1 aromatic carbocycles. The molecule has 3 saturated heterocycles. The number of anilines is 1. The first-order valence-corrected chi connectivity index (χ1v) is 12.8. The van der Waals surface area contributed by atoms with Gasteiger partial charge in [-0.1, -0.05) is 44.3 Å². The van der Waals surface area contributed by atoms with Gasteiger partial charge in [-0.3, -0.25) is 14.5 Å². The standard InChI is InChI=1S/C25H31N5O3S/c1-4-19(31)29-11-9-16(13-29)27-23(32)22-21-20-18(8-10-26-24(20)34-22)30(25(33)28-21)17-7-5-6-15(12-17)14(2)3/h4-7,12,14,16,18,20,24,26H,1,8-11,13H2,2-3H3,(H,27,32)(H,28,33)/t16-,18?,20?,24?/m1/s1. The molecule has 4 aliphatic heterocycles. The van der Waals surface area contributed by atoms with E-state index in [-0.39, 0.29) is 41.2 Å². The molecule has 3 unspecified atom stereocenters. The van der Waals surface area contributed by atoms with Crippen molar-refractivity contribution in [3.8, 4) is 0 Å². The third-order valence-electron chi connectivity index (χ3n) is 7.17. The van der Waals surface area contributed by atoms with Gasteiger partial charge >= 0.3 is 6.03 Å². The average molecular weight is 482 g/mol. The van der Waals surface area contributed by atoms with Crippen molar-refractivity contribution >= 4 is 35.3 Å². The minimum absolute atomic E-state index is 0.0117. The first kappa shape index (κ1) is 23.0. The lowest BCUT2D eigenvalue weighted by Gasteiger charge is -2.46. The van der Waals surface area contributed by atoms with E-state index in [1.165, 1.54) is 23.4 Å². The number of thioether (sulfide) groups is 1. The highest BCUT2D eigenvalue weighted by Crippen LogP contribution is 2.48. The molecule has 0 aromatic heterocycles. The van der Waals surface area contributed by atoms with E-state index in [0.717, 1.165) is 24.4 Å². The molecule has 0 radical (unpaired) electrons. The highest BCUT2D eigenvalue weighted by Gasteiger charge is 2.51. The van der Waals surface area contributed by atoms with Gasteiger partial charge in [-0.05, 0) is 49.1 Å². The van der Waals surface area contributed by atoms with Gasteiger partial charge in [0.1, 0.15) is 0 Å². The molecule has 4 amide bonds. The summed E-state index contributed by atoms with van der Waals surface area (Å²) in [7, 11) is 0. The number of carbonyl (C=O) groups excluding carboxylic acids is 3. The summed E-state index contributed by atoms with van der Waals surface area (Å²) in [6.07, 6.45) is 2.83. The lowest BCUT2D eigenvalue weighted by Crippen LogP contribution is -2.62. The van der Waals surface area contributed by atoms with Crippen LogP contribution in [0.2, 0.25) is 0 Å². The molecule has 180 valence electrons. The van der Waals surface area contributed by atoms with E-state index in [1.54, 1.807) is 4.90 Å². The fraction of sp³-hybridized carbons (Fsp3) is 0.480. The quantitative estimate of drug-likeness (QED) is 0.562. The summed E-state index contributed by atoms with van der Waals surface area (Å²) < 4.78 is 0. The fourth-order valence-electron chi connectivity index (χ4n) is 5.41. The number of rotatable bonds is 5. The van der Waals surface area contributed by atoms with E-state index >= 15 is 0 Å². The predicted octanol–water partition coefficient (Wildman–Crippen LogP) is 2.51. The van der Waals surface area contributed by atoms with Gasteiger partial charge in [0.05, 0.1) is 16.3 Å². The monoisotopic (exact) mass is 481 g/mol. The maximum Gasteiger partial charge on any atom is 0.326 e. The molecule has 1 aromatic rings. The van der Waals surface area contributed by atoms with Gasteiger partial charge in [0.15, 0.2) is 0 Å². The normalized spacial score (nSPS) is 28.1. The maximum absolute atomic E-state index is 13.3. The van der Waals surface area contributed by atoms with Crippen molar-refractivity contribution < 1.29 is 14.4 Å². The van der Waals surface area contributed by atoms with E-state index in [4.69, 9.17) is 0 Å². The van der Waals surface area contributed by atoms with E-state index in [2.05, 4.69) is 48.5 Å². The minimum atomic E-state index is -0.186. The lowest BCUT2D eigenvalue weighted by atomic mass is 9.86. The number of likely N-dealkylation sites (tertiary alicyclic amines) is 1. The van der Waals surface area contributed by atoms with Crippen LogP contribution in [0.1, 0.15) is 38.2 Å². The van der Waals surface area contributed by atoms with Gasteiger partial charge in [0.25, 0.3) is 5.91 Å². The van der Waals surface area contributed by atoms with Gasteiger partial charge in [-0.15, -0.1) is 0 Å². The summed E-state index contributed by atoms with van der Waals surface area (Å²) in [5.74, 6) is 0.0913. The zero-order chi connectivity index (χ0) is 24.0. The van der Waals surface area contributed by atoms with Crippen LogP contribution in [0.4, 0.5) is 10.5 Å². The molecule has 3 N–H and O–H groups in total. The number of carbonyl (C=O) groups is 3. The number of nitrogens with zero attached hydrogens (tertiary/aromatic N) is 2. The molecule has 3 fully saturated rings. The zero-order valence-corrected chi connectivity index (χ0v) is 20.4. The van der Waals surface area contributed by atoms with Crippen molar-refractivity contribution in [1.82, 2.24) is 20.9 Å². The second-order valence-corrected chi connectivity index (χ2v) is 10.8. The summed E-state index contributed by atoms with van der Waals surface area (Å²) in [6.45, 7) is 9.69. The summed E-state index contributed by atoms with van der Waals surface area (Å²) >= 11 is 1.50. The summed E-state index contributed by atoms with van der Waals surface area (Å²) in [4.78, 5) is 42.6. The van der Waals surface area contributed by atoms with Crippen LogP contribution in [0.5, 0.6) is 0 Å². The number of piperidine rings is 1. The molecule has 5 rings (SSSR count). The van der Waals surface area contributed by atoms with E-state index in [1.807, 2.05) is 17.0 Å². The van der Waals surface area contributed by atoms with E-state index < -0.39 is 0 Å². The van der Waals surface area contributed by atoms with E-state index in [0.29, 0.717) is 30.3 Å². The molecule has 4 aliphatic rings. The topological polar surface area (TPSA) is 93.8 Å². The van der Waals surface area contributed by atoms with E-state index in [9.17, 15) is 14.4 Å². The van der Waals surface area contributed by atoms with Crippen LogP contribution in [-0.4, -0.2) is 59.8 Å². The Labute approximate surface area is 204 Å². The first-order valence-electron chi connectivity index (χ1n) is 11.9. The van der Waals surface area contributed by atoms with Gasteiger partial charge in [0.2, 0.25) is 5.91 Å². The van der Waals surface area contributed by atoms with Crippen LogP contribution in [0, 0.1) is 5.92 Å². The van der Waals surface area contributed by atoms with Crippen molar-refractivity contribution in [3.63, 3.8) is 0 Å². The Bertz CT molecular complexity index is 1070. The second-order valence-electron chi connectivity index (χ2n) is 9.61. The molecule has 0 spiro atoms. The lowest BCUT2D eigenvalue weighted by molar-refractivity contribution is -0.125. The van der Waals surface area contributed by atoms with Crippen LogP contribution in [0.25, 0.3) is 0 Å². The molecule has 34 heavy (non-hydrogen) atoms. The number of amides is 4. The first-order chi connectivity index (χ1) is 16.4. The molecular weight excluding hydrogens is 450 g/mol. The predicted molar refractivity (Wildman–Crippen MR) is 133 cm³/mol. The highest BCUT2D eigenvalue weighted by molar-refractivity contribution is 8.04. The number of benzene rings is 1. The van der Waals surface area contributed by atoms with Crippen LogP contribution in [0.15, 0.2) is 47.5 Å². The molecule has 4 heterocycles. The zero-order valence-electron chi connectivity index (χ0n) is 19.5. The van der Waals surface area contributed by atoms with Crippen molar-refractivity contribution in [2.45, 2.75) is 50.1 Å². The van der Waals surface area contributed by atoms with Gasteiger partial charge in [-0.2, -0.15) is 0 Å². The Hall–Kier alpha value is -2.78.